The lowest BCUT2D eigenvalue weighted by molar-refractivity contribution is -0.114. The zero-order valence-corrected chi connectivity index (χ0v) is 22.8. The number of carbonyl (C=O) groups excluding carboxylic acids is 2. The largest absolute Gasteiger partial charge is 0.495 e. The summed E-state index contributed by atoms with van der Waals surface area (Å²) in [5.74, 6) is -0.665. The molecule has 3 aromatic rings. The van der Waals surface area contributed by atoms with Gasteiger partial charge in [0.2, 0.25) is 5.91 Å². The highest BCUT2D eigenvalue weighted by atomic mass is 32.2. The number of hydrogen-bond donors (Lipinski definition) is 2. The lowest BCUT2D eigenvalue weighted by Gasteiger charge is -2.26. The van der Waals surface area contributed by atoms with Crippen LogP contribution in [0.1, 0.15) is 42.3 Å². The van der Waals surface area contributed by atoms with Crippen LogP contribution in [0.2, 0.25) is 0 Å². The molecule has 0 spiro atoms. The molecule has 37 heavy (non-hydrogen) atoms. The van der Waals surface area contributed by atoms with Crippen molar-refractivity contribution in [3.05, 3.63) is 83.4 Å². The number of nitrogens with zero attached hydrogens (tertiary/aromatic N) is 1. The number of amides is 2. The van der Waals surface area contributed by atoms with Crippen LogP contribution in [0.3, 0.4) is 0 Å². The van der Waals surface area contributed by atoms with Crippen molar-refractivity contribution in [3.8, 4) is 5.75 Å². The first kappa shape index (κ1) is 27.7. The molecule has 0 aromatic heterocycles. The predicted molar refractivity (Wildman–Crippen MR) is 146 cm³/mol. The Labute approximate surface area is 218 Å². The summed E-state index contributed by atoms with van der Waals surface area (Å²) in [5, 5.41) is 5.59. The van der Waals surface area contributed by atoms with Crippen LogP contribution in [-0.4, -0.2) is 39.4 Å². The standard InChI is InChI=1S/C28H33N3O5S/c1-19-11-14-21(15-12-19)37(34,35)31(24-17-20(2)13-16-25(24)36-6)18-26(32)29-23-10-8-7-9-22(23)27(33)30-28(3,4)5/h7-17H,18H2,1-6H3,(H,29,32)(H,30,33). The Kier molecular flexibility index (Phi) is 8.28. The molecule has 0 aliphatic heterocycles. The Bertz CT molecular complexity index is 1390. The molecule has 0 saturated heterocycles. The Hall–Kier alpha value is -3.85. The number of hydrogen-bond acceptors (Lipinski definition) is 5. The van der Waals surface area contributed by atoms with Gasteiger partial charge in [-0.1, -0.05) is 35.9 Å². The third-order valence-electron chi connectivity index (χ3n) is 5.43. The van der Waals surface area contributed by atoms with Gasteiger partial charge in [-0.15, -0.1) is 0 Å². The molecule has 0 saturated carbocycles. The summed E-state index contributed by atoms with van der Waals surface area (Å²) >= 11 is 0. The van der Waals surface area contributed by atoms with Crippen LogP contribution in [0.4, 0.5) is 11.4 Å². The highest BCUT2D eigenvalue weighted by Crippen LogP contribution is 2.33. The molecule has 0 heterocycles. The van der Waals surface area contributed by atoms with Gasteiger partial charge in [-0.2, -0.15) is 0 Å². The van der Waals surface area contributed by atoms with Crippen LogP contribution in [0.5, 0.6) is 5.75 Å². The van der Waals surface area contributed by atoms with Crippen LogP contribution in [-0.2, 0) is 14.8 Å². The summed E-state index contributed by atoms with van der Waals surface area (Å²) < 4.78 is 34.0. The van der Waals surface area contributed by atoms with E-state index >= 15 is 0 Å². The molecule has 196 valence electrons. The van der Waals surface area contributed by atoms with Gasteiger partial charge in [-0.3, -0.25) is 13.9 Å². The van der Waals surface area contributed by atoms with Gasteiger partial charge in [0.25, 0.3) is 15.9 Å². The van der Waals surface area contributed by atoms with Gasteiger partial charge >= 0.3 is 0 Å². The molecule has 0 unspecified atom stereocenters. The third-order valence-corrected chi connectivity index (χ3v) is 7.21. The van der Waals surface area contributed by atoms with E-state index in [-0.39, 0.29) is 27.7 Å². The summed E-state index contributed by atoms with van der Waals surface area (Å²) in [5.41, 5.74) is 2.00. The maximum absolute atomic E-state index is 13.8. The van der Waals surface area contributed by atoms with Crippen molar-refractivity contribution in [2.24, 2.45) is 0 Å². The number of carbonyl (C=O) groups is 2. The summed E-state index contributed by atoms with van der Waals surface area (Å²) in [6, 6.07) is 18.1. The van der Waals surface area contributed by atoms with Crippen molar-refractivity contribution in [1.82, 2.24) is 5.32 Å². The van der Waals surface area contributed by atoms with Crippen molar-refractivity contribution in [3.63, 3.8) is 0 Å². The van der Waals surface area contributed by atoms with Crippen molar-refractivity contribution < 1.29 is 22.7 Å². The van der Waals surface area contributed by atoms with E-state index < -0.39 is 28.0 Å². The average molecular weight is 524 g/mol. The molecule has 2 N–H and O–H groups in total. The maximum atomic E-state index is 13.8. The molecule has 3 aromatic carbocycles. The van der Waals surface area contributed by atoms with E-state index in [0.29, 0.717) is 5.75 Å². The van der Waals surface area contributed by atoms with E-state index in [1.165, 1.54) is 19.2 Å². The van der Waals surface area contributed by atoms with Crippen LogP contribution >= 0.6 is 0 Å². The molecular weight excluding hydrogens is 490 g/mol. The summed E-state index contributed by atoms with van der Waals surface area (Å²) in [6.45, 7) is 8.72. The van der Waals surface area contributed by atoms with Crippen molar-refractivity contribution in [2.75, 3.05) is 23.3 Å². The number of benzene rings is 3. The molecular formula is C28H33N3O5S. The lowest BCUT2D eigenvalue weighted by Crippen LogP contribution is -2.41. The van der Waals surface area contributed by atoms with Gasteiger partial charge in [0, 0.05) is 5.54 Å². The fraction of sp³-hybridized carbons (Fsp3) is 0.286. The summed E-state index contributed by atoms with van der Waals surface area (Å²) in [7, 11) is -2.71. The fourth-order valence-corrected chi connectivity index (χ4v) is 5.07. The normalized spacial score (nSPS) is 11.5. The van der Waals surface area contributed by atoms with Gasteiger partial charge < -0.3 is 15.4 Å². The molecule has 0 bridgehead atoms. The minimum Gasteiger partial charge on any atom is -0.495 e. The highest BCUT2D eigenvalue weighted by molar-refractivity contribution is 7.92. The van der Waals surface area contributed by atoms with Crippen molar-refractivity contribution >= 4 is 33.2 Å². The SMILES string of the molecule is COc1ccc(C)cc1N(CC(=O)Nc1ccccc1C(=O)NC(C)(C)C)S(=O)(=O)c1ccc(C)cc1. The van der Waals surface area contributed by atoms with Crippen molar-refractivity contribution in [2.45, 2.75) is 45.1 Å². The molecule has 8 nitrogen and oxygen atoms in total. The molecule has 3 rings (SSSR count). The minimum absolute atomic E-state index is 0.0411. The number of methoxy groups -OCH3 is 1. The maximum Gasteiger partial charge on any atom is 0.264 e. The lowest BCUT2D eigenvalue weighted by atomic mass is 10.1. The zero-order chi connectivity index (χ0) is 27.4. The van der Waals surface area contributed by atoms with E-state index in [4.69, 9.17) is 4.74 Å². The molecule has 9 heteroatoms. The second kappa shape index (κ2) is 11.0. The fourth-order valence-electron chi connectivity index (χ4n) is 3.65. The number of para-hydroxylation sites is 1. The Morgan fingerprint density at radius 3 is 2.16 bits per heavy atom. The van der Waals surface area contributed by atoms with E-state index in [1.807, 2.05) is 34.6 Å². The van der Waals surface area contributed by atoms with Crippen LogP contribution < -0.4 is 19.7 Å². The number of ether oxygens (including phenoxy) is 1. The van der Waals surface area contributed by atoms with E-state index in [0.717, 1.165) is 15.4 Å². The minimum atomic E-state index is -4.14. The summed E-state index contributed by atoms with van der Waals surface area (Å²) in [4.78, 5) is 26.1. The van der Waals surface area contributed by atoms with E-state index in [2.05, 4.69) is 10.6 Å². The Morgan fingerprint density at radius 2 is 1.54 bits per heavy atom. The summed E-state index contributed by atoms with van der Waals surface area (Å²) in [6.07, 6.45) is 0. The number of nitrogens with one attached hydrogen (secondary N) is 2. The number of rotatable bonds is 8. The number of sulfonamides is 1. The van der Waals surface area contributed by atoms with Crippen molar-refractivity contribution in [1.29, 1.82) is 0 Å². The first-order chi connectivity index (χ1) is 17.3. The van der Waals surface area contributed by atoms with Gasteiger partial charge in [0.15, 0.2) is 0 Å². The van der Waals surface area contributed by atoms with E-state index in [1.54, 1.807) is 54.6 Å². The Balaban J connectivity index is 2.00. The monoisotopic (exact) mass is 523 g/mol. The second-order valence-corrected chi connectivity index (χ2v) is 11.7. The van der Waals surface area contributed by atoms with Gasteiger partial charge in [-0.05, 0) is 76.6 Å². The molecule has 0 aliphatic rings. The molecule has 0 radical (unpaired) electrons. The van der Waals surface area contributed by atoms with Gasteiger partial charge in [0.05, 0.1) is 28.9 Å². The van der Waals surface area contributed by atoms with Crippen LogP contribution in [0.15, 0.2) is 71.6 Å². The average Bonchev–Trinajstić information content (AvgIpc) is 2.82. The first-order valence-corrected chi connectivity index (χ1v) is 13.2. The third kappa shape index (κ3) is 6.89. The van der Waals surface area contributed by atoms with Gasteiger partial charge in [0.1, 0.15) is 12.3 Å². The van der Waals surface area contributed by atoms with E-state index in [9.17, 15) is 18.0 Å². The van der Waals surface area contributed by atoms with Gasteiger partial charge in [-0.25, -0.2) is 8.42 Å². The quantitative estimate of drug-likeness (QED) is 0.446. The molecule has 0 aliphatic carbocycles. The zero-order valence-electron chi connectivity index (χ0n) is 22.0. The molecule has 0 atom stereocenters. The van der Waals surface area contributed by atoms with Crippen LogP contribution in [0, 0.1) is 13.8 Å². The molecule has 2 amide bonds. The van der Waals surface area contributed by atoms with Crippen LogP contribution in [0.25, 0.3) is 0 Å². The predicted octanol–water partition coefficient (Wildman–Crippen LogP) is 4.67. The topological polar surface area (TPSA) is 105 Å². The smallest absolute Gasteiger partial charge is 0.264 e. The number of aryl methyl sites for hydroxylation is 2. The Morgan fingerprint density at radius 1 is 0.919 bits per heavy atom. The second-order valence-electron chi connectivity index (χ2n) is 9.80. The first-order valence-electron chi connectivity index (χ1n) is 11.8. The number of anilines is 2. The molecule has 0 fully saturated rings. The highest BCUT2D eigenvalue weighted by Gasteiger charge is 2.30.